The molecule has 1 N–H and O–H groups in total. The van der Waals surface area contributed by atoms with Gasteiger partial charge in [-0.25, -0.2) is 0 Å². The molecule has 0 heterocycles. The molecule has 2 nitrogen and oxygen atoms in total. The molecule has 0 amide bonds. The van der Waals surface area contributed by atoms with E-state index in [2.05, 4.69) is 11.8 Å². The number of rotatable bonds is 3. The lowest BCUT2D eigenvalue weighted by Gasteiger charge is -1.82. The van der Waals surface area contributed by atoms with Gasteiger partial charge in [0.15, 0.2) is 0 Å². The SMILES string of the molecule is CCCC#CCCC(=O)O. The van der Waals surface area contributed by atoms with Gasteiger partial charge in [0, 0.05) is 12.8 Å². The topological polar surface area (TPSA) is 37.3 Å². The minimum atomic E-state index is -0.772. The van der Waals surface area contributed by atoms with Gasteiger partial charge in [0.2, 0.25) is 0 Å². The van der Waals surface area contributed by atoms with E-state index in [4.69, 9.17) is 5.11 Å². The van der Waals surface area contributed by atoms with Crippen LogP contribution in [0.4, 0.5) is 0 Å². The van der Waals surface area contributed by atoms with Crippen LogP contribution < -0.4 is 0 Å². The second kappa shape index (κ2) is 6.15. The monoisotopic (exact) mass is 140 g/mol. The molecule has 0 unspecified atom stereocenters. The molecule has 0 aliphatic heterocycles. The van der Waals surface area contributed by atoms with Crippen LogP contribution in [0.15, 0.2) is 0 Å². The minimum absolute atomic E-state index is 0.163. The zero-order valence-electron chi connectivity index (χ0n) is 6.18. The van der Waals surface area contributed by atoms with Gasteiger partial charge in [-0.3, -0.25) is 4.79 Å². The van der Waals surface area contributed by atoms with Crippen LogP contribution in [-0.4, -0.2) is 11.1 Å². The highest BCUT2D eigenvalue weighted by atomic mass is 16.4. The molecule has 0 aromatic heterocycles. The lowest BCUT2D eigenvalue weighted by Crippen LogP contribution is -1.91. The molecule has 56 valence electrons. The van der Waals surface area contributed by atoms with Crippen molar-refractivity contribution in [2.24, 2.45) is 0 Å². The van der Waals surface area contributed by atoms with E-state index in [9.17, 15) is 4.79 Å². The number of carboxylic acid groups (broad SMARTS) is 1. The molecule has 0 fully saturated rings. The molecule has 0 aromatic rings. The Hall–Kier alpha value is -0.970. The van der Waals surface area contributed by atoms with Crippen molar-refractivity contribution in [3.05, 3.63) is 0 Å². The Morgan fingerprint density at radius 2 is 2.00 bits per heavy atom. The highest BCUT2D eigenvalue weighted by molar-refractivity contribution is 5.66. The standard InChI is InChI=1S/C8H12O2/c1-2-3-4-5-6-7-8(9)10/h2-3,6-7H2,1H3,(H,9,10). The van der Waals surface area contributed by atoms with Gasteiger partial charge >= 0.3 is 5.97 Å². The van der Waals surface area contributed by atoms with Gasteiger partial charge in [-0.15, -0.1) is 11.8 Å². The largest absolute Gasteiger partial charge is 0.481 e. The second-order valence-corrected chi connectivity index (χ2v) is 2.00. The van der Waals surface area contributed by atoms with Crippen LogP contribution in [0.3, 0.4) is 0 Å². The summed E-state index contributed by atoms with van der Waals surface area (Å²) in [5.41, 5.74) is 0. The van der Waals surface area contributed by atoms with Gasteiger partial charge in [0.05, 0.1) is 6.42 Å². The molecular formula is C8H12O2. The van der Waals surface area contributed by atoms with Crippen LogP contribution in [0.1, 0.15) is 32.6 Å². The number of hydrogen-bond acceptors (Lipinski definition) is 1. The van der Waals surface area contributed by atoms with E-state index in [0.29, 0.717) is 6.42 Å². The van der Waals surface area contributed by atoms with E-state index in [-0.39, 0.29) is 6.42 Å². The van der Waals surface area contributed by atoms with E-state index < -0.39 is 5.97 Å². The van der Waals surface area contributed by atoms with E-state index in [1.54, 1.807) is 0 Å². The molecular weight excluding hydrogens is 128 g/mol. The van der Waals surface area contributed by atoms with Crippen LogP contribution in [-0.2, 0) is 4.79 Å². The first-order chi connectivity index (χ1) is 4.77. The lowest BCUT2D eigenvalue weighted by atomic mass is 10.3. The van der Waals surface area contributed by atoms with Crippen molar-refractivity contribution in [2.45, 2.75) is 32.6 Å². The van der Waals surface area contributed by atoms with Crippen LogP contribution in [0.5, 0.6) is 0 Å². The Bertz CT molecular complexity index is 150. The first-order valence-electron chi connectivity index (χ1n) is 3.45. The molecule has 0 spiro atoms. The van der Waals surface area contributed by atoms with Gasteiger partial charge in [-0.2, -0.15) is 0 Å². The summed E-state index contributed by atoms with van der Waals surface area (Å²) >= 11 is 0. The fraction of sp³-hybridized carbons (Fsp3) is 0.625. The molecule has 0 aliphatic rings. The van der Waals surface area contributed by atoms with E-state index in [1.807, 2.05) is 6.92 Å². The Morgan fingerprint density at radius 3 is 2.50 bits per heavy atom. The van der Waals surface area contributed by atoms with Crippen molar-refractivity contribution >= 4 is 5.97 Å². The van der Waals surface area contributed by atoms with Gasteiger partial charge < -0.3 is 5.11 Å². The number of unbranched alkanes of at least 4 members (excludes halogenated alkanes) is 1. The third kappa shape index (κ3) is 7.03. The summed E-state index contributed by atoms with van der Waals surface area (Å²) in [6, 6.07) is 0. The number of carbonyl (C=O) groups is 1. The molecule has 0 saturated carbocycles. The Balaban J connectivity index is 3.20. The molecule has 0 aromatic carbocycles. The van der Waals surface area contributed by atoms with Gasteiger partial charge in [0.1, 0.15) is 0 Å². The summed E-state index contributed by atoms with van der Waals surface area (Å²) in [5.74, 6) is 4.89. The molecule has 0 aliphatic carbocycles. The highest BCUT2D eigenvalue weighted by Crippen LogP contribution is 1.87. The fourth-order valence-corrected chi connectivity index (χ4v) is 0.471. The average Bonchev–Trinajstić information content (AvgIpc) is 1.87. The van der Waals surface area contributed by atoms with Crippen LogP contribution >= 0.6 is 0 Å². The van der Waals surface area contributed by atoms with Crippen molar-refractivity contribution < 1.29 is 9.90 Å². The normalized spacial score (nSPS) is 8.10. The number of hydrogen-bond donors (Lipinski definition) is 1. The molecule has 0 saturated heterocycles. The van der Waals surface area contributed by atoms with E-state index >= 15 is 0 Å². The average molecular weight is 140 g/mol. The maximum absolute atomic E-state index is 9.96. The van der Waals surface area contributed by atoms with Crippen LogP contribution in [0.2, 0.25) is 0 Å². The summed E-state index contributed by atoms with van der Waals surface area (Å²) in [6.45, 7) is 2.05. The second-order valence-electron chi connectivity index (χ2n) is 2.00. The molecule has 0 radical (unpaired) electrons. The maximum atomic E-state index is 9.96. The van der Waals surface area contributed by atoms with E-state index in [0.717, 1.165) is 12.8 Å². The first-order valence-corrected chi connectivity index (χ1v) is 3.45. The fourth-order valence-electron chi connectivity index (χ4n) is 0.471. The quantitative estimate of drug-likeness (QED) is 0.605. The Labute approximate surface area is 61.2 Å². The van der Waals surface area contributed by atoms with Crippen molar-refractivity contribution in [1.29, 1.82) is 0 Å². The maximum Gasteiger partial charge on any atom is 0.304 e. The first kappa shape index (κ1) is 9.03. The van der Waals surface area contributed by atoms with Crippen LogP contribution in [0, 0.1) is 11.8 Å². The molecule has 2 heteroatoms. The van der Waals surface area contributed by atoms with Crippen molar-refractivity contribution in [1.82, 2.24) is 0 Å². The predicted octanol–water partition coefficient (Wildman–Crippen LogP) is 1.65. The van der Waals surface area contributed by atoms with E-state index in [1.165, 1.54) is 0 Å². The molecule has 0 atom stereocenters. The zero-order chi connectivity index (χ0) is 7.82. The summed E-state index contributed by atoms with van der Waals surface area (Å²) in [4.78, 5) is 9.96. The zero-order valence-corrected chi connectivity index (χ0v) is 6.18. The molecule has 0 rings (SSSR count). The summed E-state index contributed by atoms with van der Waals surface area (Å²) < 4.78 is 0. The third-order valence-electron chi connectivity index (χ3n) is 0.964. The predicted molar refractivity (Wildman–Crippen MR) is 39.6 cm³/mol. The summed E-state index contributed by atoms with van der Waals surface area (Å²) in [5, 5.41) is 8.20. The minimum Gasteiger partial charge on any atom is -0.481 e. The van der Waals surface area contributed by atoms with Crippen molar-refractivity contribution in [3.8, 4) is 11.8 Å². The van der Waals surface area contributed by atoms with Gasteiger partial charge in [0.25, 0.3) is 0 Å². The number of carboxylic acids is 1. The molecule has 0 bridgehead atoms. The Morgan fingerprint density at radius 1 is 1.40 bits per heavy atom. The molecule has 10 heavy (non-hydrogen) atoms. The van der Waals surface area contributed by atoms with Crippen molar-refractivity contribution in [3.63, 3.8) is 0 Å². The summed E-state index contributed by atoms with van der Waals surface area (Å²) in [6.07, 6.45) is 2.56. The van der Waals surface area contributed by atoms with Crippen molar-refractivity contribution in [2.75, 3.05) is 0 Å². The highest BCUT2D eigenvalue weighted by Gasteiger charge is 1.90. The van der Waals surface area contributed by atoms with Gasteiger partial charge in [-0.1, -0.05) is 6.92 Å². The lowest BCUT2D eigenvalue weighted by molar-refractivity contribution is -0.136. The Kier molecular flexibility index (Phi) is 5.56. The smallest absolute Gasteiger partial charge is 0.304 e. The van der Waals surface area contributed by atoms with Crippen LogP contribution in [0.25, 0.3) is 0 Å². The summed E-state index contributed by atoms with van der Waals surface area (Å²) in [7, 11) is 0. The number of aliphatic carboxylic acids is 1. The third-order valence-corrected chi connectivity index (χ3v) is 0.964. The van der Waals surface area contributed by atoms with Gasteiger partial charge in [-0.05, 0) is 6.42 Å².